The zero-order valence-electron chi connectivity index (χ0n) is 14.5. The molecule has 0 aliphatic carbocycles. The van der Waals surface area contributed by atoms with E-state index < -0.39 is 10.8 Å². The van der Waals surface area contributed by atoms with Crippen LogP contribution in [0.5, 0.6) is 5.75 Å². The summed E-state index contributed by atoms with van der Waals surface area (Å²) < 4.78 is 10.7. The lowest BCUT2D eigenvalue weighted by molar-refractivity contribution is -0.384. The number of ether oxygens (including phenoxy) is 1. The van der Waals surface area contributed by atoms with Gasteiger partial charge in [-0.3, -0.25) is 14.9 Å². The molecule has 0 aliphatic rings. The Morgan fingerprint density at radius 3 is 2.63 bits per heavy atom. The third kappa shape index (κ3) is 3.93. The molecule has 0 radical (unpaired) electrons. The van der Waals surface area contributed by atoms with E-state index in [0.29, 0.717) is 16.5 Å². The van der Waals surface area contributed by atoms with Gasteiger partial charge in [0.15, 0.2) is 5.76 Å². The van der Waals surface area contributed by atoms with E-state index in [0.717, 1.165) is 11.1 Å². The smallest absolute Gasteiger partial charge is 0.291 e. The van der Waals surface area contributed by atoms with Crippen molar-refractivity contribution < 1.29 is 18.9 Å². The number of hydrogen-bond donors (Lipinski definition) is 1. The summed E-state index contributed by atoms with van der Waals surface area (Å²) in [7, 11) is 1.36. The van der Waals surface area contributed by atoms with Gasteiger partial charge >= 0.3 is 0 Å². The molecule has 1 amide bonds. The van der Waals surface area contributed by atoms with Crippen molar-refractivity contribution >= 4 is 28.9 Å². The molecule has 0 aliphatic heterocycles. The van der Waals surface area contributed by atoms with E-state index >= 15 is 0 Å². The molecule has 138 valence electrons. The van der Waals surface area contributed by atoms with Crippen molar-refractivity contribution in [1.82, 2.24) is 0 Å². The molecule has 1 aromatic heterocycles. The van der Waals surface area contributed by atoms with Crippen LogP contribution in [-0.4, -0.2) is 17.9 Å². The normalized spacial score (nSPS) is 10.5. The van der Waals surface area contributed by atoms with Crippen LogP contribution in [0.4, 0.5) is 11.4 Å². The molecule has 8 heteroatoms. The quantitative estimate of drug-likeness (QED) is 0.487. The predicted octanol–water partition coefficient (Wildman–Crippen LogP) is 5.08. The highest BCUT2D eigenvalue weighted by atomic mass is 35.5. The maximum absolute atomic E-state index is 12.4. The van der Waals surface area contributed by atoms with E-state index in [9.17, 15) is 14.9 Å². The number of carbonyl (C=O) groups excluding carboxylic acids is 1. The molecule has 7 nitrogen and oxygen atoms in total. The number of rotatable bonds is 5. The largest absolute Gasteiger partial charge is 0.494 e. The Morgan fingerprint density at radius 2 is 1.96 bits per heavy atom. The number of nitro benzene ring substituents is 1. The average molecular weight is 387 g/mol. The molecule has 1 heterocycles. The molecule has 3 rings (SSSR count). The number of non-ortho nitro benzene ring substituents is 1. The third-order valence-corrected chi connectivity index (χ3v) is 4.34. The van der Waals surface area contributed by atoms with Crippen molar-refractivity contribution in [2.45, 2.75) is 6.92 Å². The number of benzene rings is 2. The van der Waals surface area contributed by atoms with Gasteiger partial charge in [-0.2, -0.15) is 0 Å². The maximum atomic E-state index is 12.4. The van der Waals surface area contributed by atoms with Gasteiger partial charge in [-0.05, 0) is 36.8 Å². The molecule has 2 aromatic carbocycles. The monoisotopic (exact) mass is 386 g/mol. The van der Waals surface area contributed by atoms with E-state index in [1.807, 2.05) is 19.1 Å². The average Bonchev–Trinajstić information content (AvgIpc) is 3.14. The van der Waals surface area contributed by atoms with Crippen LogP contribution in [0.15, 0.2) is 52.9 Å². The minimum Gasteiger partial charge on any atom is -0.494 e. The zero-order chi connectivity index (χ0) is 19.6. The summed E-state index contributed by atoms with van der Waals surface area (Å²) >= 11 is 6.13. The lowest BCUT2D eigenvalue weighted by Crippen LogP contribution is -2.11. The van der Waals surface area contributed by atoms with Gasteiger partial charge in [0.1, 0.15) is 11.5 Å². The molecular formula is C19H15ClN2O5. The number of carbonyl (C=O) groups is 1. The second-order valence-electron chi connectivity index (χ2n) is 5.72. The number of hydrogen-bond acceptors (Lipinski definition) is 5. The second kappa shape index (κ2) is 7.51. The van der Waals surface area contributed by atoms with Gasteiger partial charge in [-0.1, -0.05) is 23.7 Å². The fourth-order valence-corrected chi connectivity index (χ4v) is 2.62. The van der Waals surface area contributed by atoms with Crippen LogP contribution in [0.1, 0.15) is 16.1 Å². The highest BCUT2D eigenvalue weighted by Gasteiger charge is 2.17. The summed E-state index contributed by atoms with van der Waals surface area (Å²) in [5.74, 6) is 0.251. The molecule has 0 fully saturated rings. The molecule has 0 unspecified atom stereocenters. The van der Waals surface area contributed by atoms with E-state index in [1.165, 1.54) is 31.4 Å². The SMILES string of the molecule is COc1cc([N+](=O)[O-])ccc1NC(=O)c1ccc(-c2ccc(C)c(Cl)c2)o1. The Labute approximate surface area is 159 Å². The fraction of sp³-hybridized carbons (Fsp3) is 0.105. The minimum atomic E-state index is -0.542. The number of amides is 1. The molecule has 0 spiro atoms. The predicted molar refractivity (Wildman–Crippen MR) is 101 cm³/mol. The van der Waals surface area contributed by atoms with Crippen molar-refractivity contribution in [3.63, 3.8) is 0 Å². The first-order valence-corrected chi connectivity index (χ1v) is 8.27. The first-order chi connectivity index (χ1) is 12.9. The number of methoxy groups -OCH3 is 1. The van der Waals surface area contributed by atoms with Crippen molar-refractivity contribution in [2.24, 2.45) is 0 Å². The number of nitrogens with zero attached hydrogens (tertiary/aromatic N) is 1. The van der Waals surface area contributed by atoms with E-state index in [1.54, 1.807) is 12.1 Å². The highest BCUT2D eigenvalue weighted by molar-refractivity contribution is 6.31. The molecule has 27 heavy (non-hydrogen) atoms. The highest BCUT2D eigenvalue weighted by Crippen LogP contribution is 2.30. The maximum Gasteiger partial charge on any atom is 0.291 e. The van der Waals surface area contributed by atoms with Crippen molar-refractivity contribution in [2.75, 3.05) is 12.4 Å². The van der Waals surface area contributed by atoms with Crippen LogP contribution in [-0.2, 0) is 0 Å². The number of nitro groups is 1. The summed E-state index contributed by atoms with van der Waals surface area (Å²) in [5, 5.41) is 14.1. The summed E-state index contributed by atoms with van der Waals surface area (Å²) in [5.41, 5.74) is 1.85. The summed E-state index contributed by atoms with van der Waals surface area (Å²) in [6.07, 6.45) is 0. The Balaban J connectivity index is 1.82. The first-order valence-electron chi connectivity index (χ1n) is 7.89. The van der Waals surface area contributed by atoms with Crippen molar-refractivity contribution in [3.05, 3.63) is 75.0 Å². The topological polar surface area (TPSA) is 94.6 Å². The van der Waals surface area contributed by atoms with Gasteiger partial charge in [0.05, 0.1) is 23.8 Å². The fourth-order valence-electron chi connectivity index (χ4n) is 2.44. The van der Waals surface area contributed by atoms with E-state index in [4.69, 9.17) is 20.8 Å². The molecule has 0 atom stereocenters. The second-order valence-corrected chi connectivity index (χ2v) is 6.13. The van der Waals surface area contributed by atoms with Crippen LogP contribution in [0.2, 0.25) is 5.02 Å². The van der Waals surface area contributed by atoms with E-state index in [2.05, 4.69) is 5.32 Å². The Kier molecular flexibility index (Phi) is 5.14. The lowest BCUT2D eigenvalue weighted by atomic mass is 10.1. The summed E-state index contributed by atoms with van der Waals surface area (Å²) in [6.45, 7) is 1.89. The van der Waals surface area contributed by atoms with Crippen molar-refractivity contribution in [3.8, 4) is 17.1 Å². The molecule has 0 bridgehead atoms. The van der Waals surface area contributed by atoms with Gasteiger partial charge in [0, 0.05) is 16.7 Å². The standard InChI is InChI=1S/C19H15ClN2O5/c1-11-3-4-12(9-14(11)20)16-7-8-17(27-16)19(23)21-15-6-5-13(22(24)25)10-18(15)26-2/h3-10H,1-2H3,(H,21,23). The number of aryl methyl sites for hydroxylation is 1. The van der Waals surface area contributed by atoms with Crippen LogP contribution in [0.25, 0.3) is 11.3 Å². The van der Waals surface area contributed by atoms with Crippen LogP contribution in [0.3, 0.4) is 0 Å². The van der Waals surface area contributed by atoms with Crippen LogP contribution >= 0.6 is 11.6 Å². The number of anilines is 1. The van der Waals surface area contributed by atoms with Crippen LogP contribution in [0, 0.1) is 17.0 Å². The van der Waals surface area contributed by atoms with Crippen LogP contribution < -0.4 is 10.1 Å². The van der Waals surface area contributed by atoms with Gasteiger partial charge in [0.25, 0.3) is 11.6 Å². The molecule has 3 aromatic rings. The zero-order valence-corrected chi connectivity index (χ0v) is 15.2. The van der Waals surface area contributed by atoms with Gasteiger partial charge in [0.2, 0.25) is 0 Å². The van der Waals surface area contributed by atoms with Gasteiger partial charge < -0.3 is 14.5 Å². The minimum absolute atomic E-state index is 0.0853. The molecule has 0 saturated carbocycles. The van der Waals surface area contributed by atoms with Gasteiger partial charge in [-0.25, -0.2) is 0 Å². The Hall–Kier alpha value is -3.32. The lowest BCUT2D eigenvalue weighted by Gasteiger charge is -2.09. The molecular weight excluding hydrogens is 372 g/mol. The number of nitrogens with one attached hydrogen (secondary N) is 1. The summed E-state index contributed by atoms with van der Waals surface area (Å²) in [6, 6.07) is 12.6. The van der Waals surface area contributed by atoms with Gasteiger partial charge in [-0.15, -0.1) is 0 Å². The van der Waals surface area contributed by atoms with Crippen molar-refractivity contribution in [1.29, 1.82) is 0 Å². The molecule has 0 saturated heterocycles. The van der Waals surface area contributed by atoms with E-state index in [-0.39, 0.29) is 17.2 Å². The Bertz CT molecular complexity index is 1030. The first kappa shape index (κ1) is 18.5. The number of furan rings is 1. The molecule has 1 N–H and O–H groups in total. The Morgan fingerprint density at radius 1 is 1.19 bits per heavy atom. The number of halogens is 1. The third-order valence-electron chi connectivity index (χ3n) is 3.93. The summed E-state index contributed by atoms with van der Waals surface area (Å²) in [4.78, 5) is 22.7.